The van der Waals surface area contributed by atoms with Crippen molar-refractivity contribution in [3.63, 3.8) is 0 Å². The molecule has 2 atom stereocenters. The Bertz CT molecular complexity index is 5630. The van der Waals surface area contributed by atoms with E-state index in [-0.39, 0.29) is 40.7 Å². The minimum Gasteiger partial charge on any atom is -0.352 e. The van der Waals surface area contributed by atoms with E-state index in [0.717, 1.165) is 138 Å². The summed E-state index contributed by atoms with van der Waals surface area (Å²) in [6.07, 6.45) is 13.9. The third-order valence-electron chi connectivity index (χ3n) is 22.0. The third kappa shape index (κ3) is 14.8. The summed E-state index contributed by atoms with van der Waals surface area (Å²) in [4.78, 5) is 98.3. The molecule has 3 fully saturated rings. The number of nitrogens with zero attached hydrogens (tertiary/aromatic N) is 11. The maximum absolute atomic E-state index is 15.0. The van der Waals surface area contributed by atoms with Gasteiger partial charge in [-0.1, -0.05) is 32.0 Å². The van der Waals surface area contributed by atoms with Gasteiger partial charge in [-0.05, 0) is 220 Å². The molecule has 6 amide bonds. The van der Waals surface area contributed by atoms with Crippen LogP contribution in [0.4, 0.5) is 42.9 Å². The second-order valence-corrected chi connectivity index (χ2v) is 28.8. The number of imidazole rings is 3. The molecule has 24 nitrogen and oxygen atoms in total. The van der Waals surface area contributed by atoms with Gasteiger partial charge >= 0.3 is 0 Å². The first-order chi connectivity index (χ1) is 54.0. The van der Waals surface area contributed by atoms with Crippen molar-refractivity contribution >= 4 is 86.5 Å². The summed E-state index contributed by atoms with van der Waals surface area (Å²) in [6.45, 7) is 14.0. The van der Waals surface area contributed by atoms with Gasteiger partial charge in [-0.15, -0.1) is 0 Å². The highest BCUT2D eigenvalue weighted by atomic mass is 19.1. The van der Waals surface area contributed by atoms with Gasteiger partial charge in [0.15, 0.2) is 16.9 Å². The molecule has 12 aromatic rings. The number of benzene rings is 6. The normalized spacial score (nSPS) is 16.5. The minimum absolute atomic E-state index is 0.0179. The Kier molecular flexibility index (Phi) is 20.4. The summed E-state index contributed by atoms with van der Waals surface area (Å²) < 4.78 is 36.0. The Morgan fingerprint density at radius 1 is 0.486 bits per heavy atom. The molecule has 0 saturated carbocycles. The number of likely N-dealkylation sites (tertiary alicyclic amines) is 2. The number of halogens is 2. The van der Waals surface area contributed by atoms with Crippen LogP contribution < -0.4 is 37.2 Å². The van der Waals surface area contributed by atoms with Gasteiger partial charge in [-0.25, -0.2) is 23.7 Å². The van der Waals surface area contributed by atoms with Gasteiger partial charge in [0, 0.05) is 154 Å². The minimum atomic E-state index is -0.580. The number of nitrogens with one attached hydrogen (secondary N) is 7. The molecule has 6 aliphatic heterocycles. The molecule has 12 heterocycles. The molecule has 6 aromatic heterocycles. The molecule has 3 saturated heterocycles. The van der Waals surface area contributed by atoms with E-state index in [1.807, 2.05) is 154 Å². The number of hydrogen-bond donors (Lipinski definition) is 7. The van der Waals surface area contributed by atoms with Gasteiger partial charge in [-0.3, -0.25) is 46.9 Å². The van der Waals surface area contributed by atoms with Gasteiger partial charge in [0.1, 0.15) is 11.6 Å². The lowest BCUT2D eigenvalue weighted by Crippen LogP contribution is -2.48. The Labute approximate surface area is 639 Å². The Hall–Kier alpha value is -12.7. The van der Waals surface area contributed by atoms with Crippen LogP contribution in [0, 0.1) is 11.6 Å². The van der Waals surface area contributed by atoms with E-state index in [1.165, 1.54) is 18.2 Å². The zero-order valence-electron chi connectivity index (χ0n) is 62.0. The first kappa shape index (κ1) is 72.5. The number of carbonyl (C=O) groups excluding carboxylic acids is 6. The highest BCUT2D eigenvalue weighted by molar-refractivity contribution is 6.01. The van der Waals surface area contributed by atoms with Gasteiger partial charge < -0.3 is 56.8 Å². The summed E-state index contributed by atoms with van der Waals surface area (Å²) in [5, 5.41) is 21.4. The molecule has 564 valence electrons. The van der Waals surface area contributed by atoms with E-state index in [0.29, 0.717) is 102 Å². The number of pyridine rings is 3. The quantitative estimate of drug-likeness (QED) is 0.0447. The number of aromatic nitrogens is 6. The Morgan fingerprint density at radius 3 is 1.39 bits per heavy atom. The fourth-order valence-corrected chi connectivity index (χ4v) is 15.7. The van der Waals surface area contributed by atoms with Crippen LogP contribution in [-0.4, -0.2) is 180 Å². The SMILES string of the molecule is CCN1CCC[C@H]1CNC(=O)c1ccc(Nc2ccc(-c3ccc4c(c3)CNC4=O)n3ccnc23)cc1F.CCN1CCN(C(=O)c2ccc(Nc3ccc(-c4ccc5c(c4)CNC5=O)n4ccnc34)cc2)CC1.CN(C)C1CCN(C(=O)c2ccc(Nc3ccc(-c4ccc5c(c4)CNC5=O)n4ccnc34)cc2F)C1. The van der Waals surface area contributed by atoms with Gasteiger partial charge in [-0.2, -0.15) is 0 Å². The number of carbonyl (C=O) groups is 6. The largest absolute Gasteiger partial charge is 0.352 e. The van der Waals surface area contributed by atoms with Crippen LogP contribution in [0.15, 0.2) is 189 Å². The lowest BCUT2D eigenvalue weighted by atomic mass is 10.0. The predicted molar refractivity (Wildman–Crippen MR) is 423 cm³/mol. The molecule has 0 bridgehead atoms. The van der Waals surface area contributed by atoms with Crippen molar-refractivity contribution in [1.29, 1.82) is 0 Å². The lowest BCUT2D eigenvalue weighted by molar-refractivity contribution is 0.0642. The summed E-state index contributed by atoms with van der Waals surface area (Å²) in [5.74, 6) is -1.84. The topological polar surface area (TPSA) is 255 Å². The summed E-state index contributed by atoms with van der Waals surface area (Å²) >= 11 is 0. The zero-order chi connectivity index (χ0) is 76.6. The van der Waals surface area contributed by atoms with Gasteiger partial charge in [0.2, 0.25) is 0 Å². The van der Waals surface area contributed by atoms with E-state index in [9.17, 15) is 33.2 Å². The Morgan fingerprint density at radius 2 is 0.946 bits per heavy atom. The summed E-state index contributed by atoms with van der Waals surface area (Å²) in [6, 6.07) is 46.7. The van der Waals surface area contributed by atoms with Crippen molar-refractivity contribution in [3.05, 3.63) is 251 Å². The van der Waals surface area contributed by atoms with Gasteiger partial charge in [0.05, 0.1) is 45.3 Å². The van der Waals surface area contributed by atoms with Crippen molar-refractivity contribution in [2.45, 2.75) is 64.8 Å². The van der Waals surface area contributed by atoms with Crippen molar-refractivity contribution in [3.8, 4) is 33.8 Å². The molecular formula is C85H84F2N18O6. The maximum Gasteiger partial charge on any atom is 0.256 e. The standard InChI is InChI=1S/C29H29FN6O2.C28H27FN6O2.C28H28N6O2/c1-2-35-12-3-4-21(35)17-33-29(38)23-8-6-20(15-24(23)30)34-25-9-10-26(36-13-11-31-27(25)36)18-5-7-22-19(14-18)16-32-28(22)37;1-33(2)20-9-11-34(16-20)28(37)22-6-4-19(14-23(22)29)32-24-7-8-25(35-12-10-30-26(24)35)17-3-5-21-18(13-17)15-31-27(21)36;1-2-32-13-15-33(16-14-32)28(36)19-3-6-22(7-4-19)31-24-9-10-25(34-12-11-29-26(24)34)20-5-8-23-21(17-20)18-30-27(23)35/h5-11,13-15,21,34H,2-4,12,16-17H2,1H3,(H,32,37)(H,33,38);3-8,10,12-14,20,32H,9,11,15-16H2,1-2H3,(H,31,36);3-12,17,31H,2,13-16,18H2,1H3,(H,30,35)/t21-;;/m0../s1. The molecule has 6 aliphatic rings. The number of fused-ring (bicyclic) bond motifs is 6. The van der Waals surface area contributed by atoms with E-state index < -0.39 is 17.5 Å². The summed E-state index contributed by atoms with van der Waals surface area (Å²) in [5.41, 5.74) is 18.1. The molecule has 6 aromatic carbocycles. The van der Waals surface area contributed by atoms with Gasteiger partial charge in [0.25, 0.3) is 35.4 Å². The van der Waals surface area contributed by atoms with Crippen LogP contribution in [0.1, 0.15) is 112 Å². The van der Waals surface area contributed by atoms with Crippen LogP contribution in [0.25, 0.3) is 50.7 Å². The number of likely N-dealkylation sites (N-methyl/N-ethyl adjacent to an activating group) is 3. The molecule has 111 heavy (non-hydrogen) atoms. The fraction of sp³-hybridized carbons (Fsp3) is 0.259. The molecule has 26 heteroatoms. The van der Waals surface area contributed by atoms with Crippen molar-refractivity contribution in [2.24, 2.45) is 0 Å². The maximum atomic E-state index is 15.0. The molecule has 1 unspecified atom stereocenters. The molecule has 18 rings (SSSR count). The predicted octanol–water partition coefficient (Wildman–Crippen LogP) is 12.0. The average Bonchev–Trinajstić information content (AvgIpc) is 1.72. The first-order valence-electron chi connectivity index (χ1n) is 37.6. The van der Waals surface area contributed by atoms with Crippen LogP contribution in [0.3, 0.4) is 0 Å². The molecular weight excluding hydrogens is 1410 g/mol. The van der Waals surface area contributed by atoms with E-state index in [1.54, 1.807) is 41.7 Å². The molecule has 0 aliphatic carbocycles. The van der Waals surface area contributed by atoms with E-state index >= 15 is 4.39 Å². The number of hydrogen-bond acceptors (Lipinski definition) is 15. The highest BCUT2D eigenvalue weighted by Gasteiger charge is 2.31. The number of rotatable bonds is 17. The average molecular weight is 1490 g/mol. The van der Waals surface area contributed by atoms with E-state index in [4.69, 9.17) is 0 Å². The van der Waals surface area contributed by atoms with Crippen molar-refractivity contribution < 1.29 is 37.5 Å². The molecule has 0 radical (unpaired) electrons. The third-order valence-corrected chi connectivity index (χ3v) is 22.0. The number of anilines is 6. The van der Waals surface area contributed by atoms with E-state index in [2.05, 4.69) is 92.8 Å². The van der Waals surface area contributed by atoms with Crippen LogP contribution >= 0.6 is 0 Å². The Balaban J connectivity index is 0.000000126. The lowest BCUT2D eigenvalue weighted by Gasteiger charge is -2.34. The molecule has 7 N–H and O–H groups in total. The fourth-order valence-electron chi connectivity index (χ4n) is 15.7. The monoisotopic (exact) mass is 1490 g/mol. The molecule has 0 spiro atoms. The summed E-state index contributed by atoms with van der Waals surface area (Å²) in [7, 11) is 3.99. The highest BCUT2D eigenvalue weighted by Crippen LogP contribution is 2.35. The van der Waals surface area contributed by atoms with Crippen LogP contribution in [0.2, 0.25) is 0 Å². The number of piperazine rings is 1. The first-order valence-corrected chi connectivity index (χ1v) is 37.6. The number of amides is 6. The second kappa shape index (κ2) is 31.1. The van der Waals surface area contributed by atoms with Crippen molar-refractivity contribution in [2.75, 3.05) is 95.5 Å². The second-order valence-electron chi connectivity index (χ2n) is 28.8. The van der Waals surface area contributed by atoms with Crippen molar-refractivity contribution in [1.82, 2.24) is 73.9 Å². The smallest absolute Gasteiger partial charge is 0.256 e. The van der Waals surface area contributed by atoms with Crippen LogP contribution in [-0.2, 0) is 19.6 Å². The van der Waals surface area contributed by atoms with Crippen LogP contribution in [0.5, 0.6) is 0 Å². The zero-order valence-corrected chi connectivity index (χ0v) is 62.0.